The number of hydrogen-bond acceptors (Lipinski definition) is 3. The summed E-state index contributed by atoms with van der Waals surface area (Å²) in [5, 5.41) is 9.13. The molecule has 1 aromatic carbocycles. The third-order valence-electron chi connectivity index (χ3n) is 2.83. The fraction of sp³-hybridized carbons (Fsp3) is 0.462. The number of carbonyl (C=O) groups is 1. The highest BCUT2D eigenvalue weighted by Crippen LogP contribution is 2.39. The van der Waals surface area contributed by atoms with Gasteiger partial charge < -0.3 is 14.6 Å². The summed E-state index contributed by atoms with van der Waals surface area (Å²) in [7, 11) is 2.69. The smallest absolute Gasteiger partial charge is 0.309 e. The van der Waals surface area contributed by atoms with Gasteiger partial charge >= 0.3 is 5.97 Å². The van der Waals surface area contributed by atoms with Gasteiger partial charge in [0.1, 0.15) is 0 Å². The summed E-state index contributed by atoms with van der Waals surface area (Å²) in [5.74, 6) is -1.56. The van der Waals surface area contributed by atoms with E-state index < -0.39 is 17.2 Å². The molecular formula is C13H16BrFO4. The molecule has 4 nitrogen and oxygen atoms in total. The van der Waals surface area contributed by atoms with Crippen molar-refractivity contribution in [3.05, 3.63) is 21.9 Å². The second-order valence-corrected chi connectivity index (χ2v) is 5.62. The largest absolute Gasteiger partial charge is 0.493 e. The van der Waals surface area contributed by atoms with Gasteiger partial charge in [-0.2, -0.15) is 4.39 Å². The second-order valence-electron chi connectivity index (χ2n) is 4.76. The first-order valence-corrected chi connectivity index (χ1v) is 6.36. The molecule has 0 bridgehead atoms. The van der Waals surface area contributed by atoms with Crippen LogP contribution in [0.15, 0.2) is 10.5 Å². The van der Waals surface area contributed by atoms with Crippen LogP contribution in [0.1, 0.15) is 19.4 Å². The van der Waals surface area contributed by atoms with Crippen molar-refractivity contribution in [3.63, 3.8) is 0 Å². The van der Waals surface area contributed by atoms with Gasteiger partial charge in [-0.05, 0) is 47.8 Å². The standard InChI is InChI=1S/C13H16BrFO4/c1-13(2,12(16)17)6-7-5-8(14)11(19-4)9(15)10(7)18-3/h5H,6H2,1-4H3,(H,16,17). The van der Waals surface area contributed by atoms with E-state index in [-0.39, 0.29) is 17.9 Å². The van der Waals surface area contributed by atoms with Gasteiger partial charge in [0, 0.05) is 0 Å². The lowest BCUT2D eigenvalue weighted by Gasteiger charge is -2.21. The Kier molecular flexibility index (Phi) is 4.79. The average molecular weight is 335 g/mol. The maximum absolute atomic E-state index is 14.1. The van der Waals surface area contributed by atoms with E-state index in [0.29, 0.717) is 10.0 Å². The Morgan fingerprint density at radius 1 is 1.37 bits per heavy atom. The van der Waals surface area contributed by atoms with Gasteiger partial charge in [0.25, 0.3) is 0 Å². The molecule has 0 fully saturated rings. The van der Waals surface area contributed by atoms with Gasteiger partial charge in [0.15, 0.2) is 11.5 Å². The molecule has 0 saturated heterocycles. The molecule has 0 unspecified atom stereocenters. The molecule has 106 valence electrons. The summed E-state index contributed by atoms with van der Waals surface area (Å²) in [6.45, 7) is 3.15. The number of methoxy groups -OCH3 is 2. The zero-order valence-corrected chi connectivity index (χ0v) is 12.8. The third kappa shape index (κ3) is 3.18. The molecule has 1 rings (SSSR count). The quantitative estimate of drug-likeness (QED) is 0.897. The fourth-order valence-electron chi connectivity index (χ4n) is 1.72. The Balaban J connectivity index is 3.33. The summed E-state index contributed by atoms with van der Waals surface area (Å²) in [5.41, 5.74) is -0.548. The summed E-state index contributed by atoms with van der Waals surface area (Å²) < 4.78 is 24.5. The summed E-state index contributed by atoms with van der Waals surface area (Å²) in [6.07, 6.45) is 0.144. The third-order valence-corrected chi connectivity index (χ3v) is 3.42. The topological polar surface area (TPSA) is 55.8 Å². The molecule has 0 saturated carbocycles. The maximum atomic E-state index is 14.1. The van der Waals surface area contributed by atoms with Crippen LogP contribution in [0.3, 0.4) is 0 Å². The fourth-order valence-corrected chi connectivity index (χ4v) is 2.34. The number of carboxylic acid groups (broad SMARTS) is 1. The van der Waals surface area contributed by atoms with E-state index in [1.54, 1.807) is 19.9 Å². The Hall–Kier alpha value is -1.30. The monoisotopic (exact) mass is 334 g/mol. The zero-order valence-electron chi connectivity index (χ0n) is 11.2. The molecule has 0 radical (unpaired) electrons. The number of halogens is 2. The van der Waals surface area contributed by atoms with Crippen LogP contribution < -0.4 is 9.47 Å². The van der Waals surface area contributed by atoms with Gasteiger partial charge in [-0.25, -0.2) is 0 Å². The van der Waals surface area contributed by atoms with Crippen LogP contribution in [0.2, 0.25) is 0 Å². The molecule has 6 heteroatoms. The van der Waals surface area contributed by atoms with E-state index in [1.807, 2.05) is 0 Å². The van der Waals surface area contributed by atoms with Gasteiger partial charge in [0.05, 0.1) is 24.1 Å². The van der Waals surface area contributed by atoms with Crippen LogP contribution in [0, 0.1) is 11.2 Å². The Labute approximate surface area is 119 Å². The highest BCUT2D eigenvalue weighted by Gasteiger charge is 2.30. The number of carboxylic acids is 1. The summed E-state index contributed by atoms with van der Waals surface area (Å²) >= 11 is 3.20. The minimum atomic E-state index is -1.02. The number of rotatable bonds is 5. The molecule has 0 amide bonds. The van der Waals surface area contributed by atoms with E-state index in [9.17, 15) is 9.18 Å². The molecule has 19 heavy (non-hydrogen) atoms. The van der Waals surface area contributed by atoms with Crippen molar-refractivity contribution in [2.45, 2.75) is 20.3 Å². The molecular weight excluding hydrogens is 319 g/mol. The zero-order chi connectivity index (χ0) is 14.8. The van der Waals surface area contributed by atoms with E-state index >= 15 is 0 Å². The van der Waals surface area contributed by atoms with E-state index in [1.165, 1.54) is 14.2 Å². The number of aliphatic carboxylic acids is 1. The minimum absolute atomic E-state index is 0.00868. The Morgan fingerprint density at radius 3 is 2.32 bits per heavy atom. The van der Waals surface area contributed by atoms with Gasteiger partial charge in [-0.1, -0.05) is 0 Å². The normalized spacial score (nSPS) is 11.3. The van der Waals surface area contributed by atoms with Gasteiger partial charge in [0.2, 0.25) is 5.82 Å². The van der Waals surface area contributed by atoms with Gasteiger partial charge in [-0.3, -0.25) is 4.79 Å². The SMILES string of the molecule is COc1c(Br)cc(CC(C)(C)C(=O)O)c(OC)c1F. The first kappa shape index (κ1) is 15.8. The van der Waals surface area contributed by atoms with E-state index in [2.05, 4.69) is 15.9 Å². The first-order chi connectivity index (χ1) is 8.74. The van der Waals surface area contributed by atoms with Crippen LogP contribution in [0.4, 0.5) is 4.39 Å². The molecule has 1 N–H and O–H groups in total. The molecule has 0 aliphatic rings. The van der Waals surface area contributed by atoms with Crippen molar-refractivity contribution in [2.24, 2.45) is 5.41 Å². The molecule has 0 aliphatic heterocycles. The van der Waals surface area contributed by atoms with E-state index in [0.717, 1.165) is 0 Å². The molecule has 1 aromatic rings. The maximum Gasteiger partial charge on any atom is 0.309 e. The number of ether oxygens (including phenoxy) is 2. The molecule has 0 aliphatic carbocycles. The minimum Gasteiger partial charge on any atom is -0.493 e. The van der Waals surface area contributed by atoms with Crippen LogP contribution >= 0.6 is 15.9 Å². The summed E-state index contributed by atoms with van der Waals surface area (Å²) in [6, 6.07) is 1.62. The highest BCUT2D eigenvalue weighted by atomic mass is 79.9. The Morgan fingerprint density at radius 2 is 1.89 bits per heavy atom. The highest BCUT2D eigenvalue weighted by molar-refractivity contribution is 9.10. The molecule has 0 atom stereocenters. The van der Waals surface area contributed by atoms with Crippen molar-refractivity contribution in [3.8, 4) is 11.5 Å². The predicted octanol–water partition coefficient (Wildman–Crippen LogP) is 3.26. The first-order valence-electron chi connectivity index (χ1n) is 5.56. The lowest BCUT2D eigenvalue weighted by atomic mass is 9.85. The molecule has 0 aromatic heterocycles. The van der Waals surface area contributed by atoms with Crippen molar-refractivity contribution >= 4 is 21.9 Å². The lowest BCUT2D eigenvalue weighted by Crippen LogP contribution is -2.26. The molecule has 0 spiro atoms. The molecule has 0 heterocycles. The predicted molar refractivity (Wildman–Crippen MR) is 72.3 cm³/mol. The van der Waals surface area contributed by atoms with Crippen LogP contribution in [-0.2, 0) is 11.2 Å². The average Bonchev–Trinajstić information content (AvgIpc) is 2.28. The number of benzene rings is 1. The van der Waals surface area contributed by atoms with Crippen LogP contribution in [0.25, 0.3) is 0 Å². The summed E-state index contributed by atoms with van der Waals surface area (Å²) in [4.78, 5) is 11.1. The lowest BCUT2D eigenvalue weighted by molar-refractivity contribution is -0.146. The van der Waals surface area contributed by atoms with Crippen molar-refractivity contribution in [1.82, 2.24) is 0 Å². The van der Waals surface area contributed by atoms with Gasteiger partial charge in [-0.15, -0.1) is 0 Å². The van der Waals surface area contributed by atoms with Crippen molar-refractivity contribution in [1.29, 1.82) is 0 Å². The van der Waals surface area contributed by atoms with Crippen molar-refractivity contribution < 1.29 is 23.8 Å². The van der Waals surface area contributed by atoms with Crippen LogP contribution in [-0.4, -0.2) is 25.3 Å². The van der Waals surface area contributed by atoms with Crippen molar-refractivity contribution in [2.75, 3.05) is 14.2 Å². The second kappa shape index (κ2) is 5.77. The Bertz CT molecular complexity index is 500. The number of hydrogen-bond donors (Lipinski definition) is 1. The van der Waals surface area contributed by atoms with Crippen LogP contribution in [0.5, 0.6) is 11.5 Å². The van der Waals surface area contributed by atoms with E-state index in [4.69, 9.17) is 14.6 Å².